The lowest BCUT2D eigenvalue weighted by Crippen LogP contribution is -2.55. The van der Waals surface area contributed by atoms with Crippen molar-refractivity contribution in [3.8, 4) is 0 Å². The van der Waals surface area contributed by atoms with Crippen molar-refractivity contribution in [1.29, 1.82) is 0 Å². The summed E-state index contributed by atoms with van der Waals surface area (Å²) in [5.41, 5.74) is 0. The van der Waals surface area contributed by atoms with Crippen molar-refractivity contribution in [2.24, 2.45) is 0 Å². The van der Waals surface area contributed by atoms with Crippen LogP contribution in [0.15, 0.2) is 97.2 Å². The molecule has 0 saturated carbocycles. The maximum atomic E-state index is 12.8. The normalized spacial score (nSPS) is 13.7. The molecule has 0 rings (SSSR count). The predicted octanol–water partition coefficient (Wildman–Crippen LogP) is 13.3. The number of aliphatic carboxylic acids is 1. The second kappa shape index (κ2) is 45.8. The van der Waals surface area contributed by atoms with Gasteiger partial charge in [-0.15, -0.1) is 0 Å². The summed E-state index contributed by atoms with van der Waals surface area (Å²) in [5.74, 6) is -1.82. The second-order valence-corrected chi connectivity index (χ2v) is 17.6. The number of carboxylic acid groups (broad SMARTS) is 1. The number of esters is 2. The number of carboxylic acids is 1. The Morgan fingerprint density at radius 1 is 0.469 bits per heavy atom. The van der Waals surface area contributed by atoms with Crippen LogP contribution in [0.4, 0.5) is 0 Å². The minimum absolute atomic E-state index is 0.0176. The summed E-state index contributed by atoms with van der Waals surface area (Å²) in [5, 5.41) is 11.7. The molecule has 8 heteroatoms. The lowest BCUT2D eigenvalue weighted by atomic mass is 10.0. The molecule has 2 unspecified atom stereocenters. The maximum absolute atomic E-state index is 12.8. The van der Waals surface area contributed by atoms with Gasteiger partial charge in [-0.1, -0.05) is 182 Å². The summed E-state index contributed by atoms with van der Waals surface area (Å²) in [7, 11) is 5.39. The zero-order valence-corrected chi connectivity index (χ0v) is 41.4. The van der Waals surface area contributed by atoms with E-state index in [2.05, 4.69) is 111 Å². The van der Waals surface area contributed by atoms with Gasteiger partial charge in [-0.3, -0.25) is 9.59 Å². The van der Waals surface area contributed by atoms with Crippen molar-refractivity contribution in [2.45, 2.75) is 199 Å². The summed E-state index contributed by atoms with van der Waals surface area (Å²) in [6.07, 6.45) is 61.6. The maximum Gasteiger partial charge on any atom is 0.306 e. The first-order chi connectivity index (χ1) is 31.1. The molecular formula is C56H93NO7. The average molecular weight is 892 g/mol. The third-order valence-electron chi connectivity index (χ3n) is 10.7. The molecule has 0 aliphatic carbocycles. The molecular weight excluding hydrogens is 799 g/mol. The lowest BCUT2D eigenvalue weighted by Gasteiger charge is -2.34. The van der Waals surface area contributed by atoms with Crippen LogP contribution in [0, 0.1) is 0 Å². The number of hydrogen-bond donors (Lipinski definition) is 0. The van der Waals surface area contributed by atoms with E-state index in [9.17, 15) is 19.5 Å². The number of quaternary nitrogens is 1. The van der Waals surface area contributed by atoms with Gasteiger partial charge in [0.2, 0.25) is 0 Å². The van der Waals surface area contributed by atoms with Crippen molar-refractivity contribution in [3.63, 3.8) is 0 Å². The van der Waals surface area contributed by atoms with Gasteiger partial charge < -0.3 is 28.6 Å². The molecule has 0 N–H and O–H groups in total. The van der Waals surface area contributed by atoms with Crippen LogP contribution in [0.3, 0.4) is 0 Å². The van der Waals surface area contributed by atoms with Crippen LogP contribution in [-0.4, -0.2) is 75.5 Å². The Hall–Kier alpha value is -3.75. The number of nitrogens with zero attached hydrogens (tertiary/aromatic N) is 1. The highest BCUT2D eigenvalue weighted by molar-refractivity contribution is 5.70. The molecule has 2 atom stereocenters. The fourth-order valence-corrected chi connectivity index (χ4v) is 6.89. The van der Waals surface area contributed by atoms with Gasteiger partial charge in [0.25, 0.3) is 0 Å². The zero-order chi connectivity index (χ0) is 47.0. The highest BCUT2D eigenvalue weighted by Gasteiger charge is 2.25. The summed E-state index contributed by atoms with van der Waals surface area (Å²) in [6.45, 7) is 4.38. The van der Waals surface area contributed by atoms with E-state index >= 15 is 0 Å². The van der Waals surface area contributed by atoms with Crippen molar-refractivity contribution in [1.82, 2.24) is 0 Å². The standard InChI is InChI=1S/C56H93NO7/c1-6-8-10-12-14-16-18-20-22-24-25-26-27-28-29-31-33-35-37-39-41-43-45-47-55(59)64-52(50-62-49-48-53(56(60)61)57(3,4)5)51-63-54(58)46-44-42-40-38-36-34-32-30-23-21-19-17-15-13-11-9-7-2/h8-11,14-17,20-23,32,34,38,40,52-53H,6-7,12-13,18-19,24-31,33,35-37,39,41-51H2,1-5H3/b10-8+,11-9+,16-14+,17-15+,22-20+,23-21+,34-32+,40-38+. The Labute approximate surface area is 392 Å². The molecule has 8 nitrogen and oxygen atoms in total. The number of likely N-dealkylation sites (N-methyl/N-ethyl adjacent to an activating group) is 1. The van der Waals surface area contributed by atoms with E-state index in [0.717, 1.165) is 77.0 Å². The molecule has 0 fully saturated rings. The minimum atomic E-state index is -1.14. The van der Waals surface area contributed by atoms with Crippen molar-refractivity contribution in [3.05, 3.63) is 97.2 Å². The third-order valence-corrected chi connectivity index (χ3v) is 10.7. The largest absolute Gasteiger partial charge is 0.544 e. The van der Waals surface area contributed by atoms with Crippen LogP contribution in [0.1, 0.15) is 187 Å². The quantitative estimate of drug-likeness (QED) is 0.0260. The van der Waals surface area contributed by atoms with Crippen LogP contribution in [0.25, 0.3) is 0 Å². The van der Waals surface area contributed by atoms with E-state index in [1.165, 1.54) is 70.6 Å². The van der Waals surface area contributed by atoms with Crippen molar-refractivity contribution < 1.29 is 38.2 Å². The van der Waals surface area contributed by atoms with E-state index in [4.69, 9.17) is 14.2 Å². The van der Waals surface area contributed by atoms with Gasteiger partial charge in [-0.05, 0) is 83.5 Å². The molecule has 0 radical (unpaired) electrons. The molecule has 0 heterocycles. The van der Waals surface area contributed by atoms with Gasteiger partial charge in [-0.2, -0.15) is 0 Å². The van der Waals surface area contributed by atoms with Crippen LogP contribution < -0.4 is 5.11 Å². The van der Waals surface area contributed by atoms with E-state index in [-0.39, 0.29) is 49.1 Å². The Balaban J connectivity index is 4.31. The highest BCUT2D eigenvalue weighted by atomic mass is 16.6. The first-order valence-electron chi connectivity index (χ1n) is 25.3. The zero-order valence-electron chi connectivity index (χ0n) is 41.4. The van der Waals surface area contributed by atoms with Crippen molar-refractivity contribution >= 4 is 17.9 Å². The molecule has 0 aromatic rings. The molecule has 0 aromatic heterocycles. The Morgan fingerprint density at radius 3 is 1.27 bits per heavy atom. The number of carbonyl (C=O) groups is 3. The molecule has 364 valence electrons. The number of rotatable bonds is 44. The van der Waals surface area contributed by atoms with Gasteiger partial charge >= 0.3 is 11.9 Å². The number of unbranched alkanes of at least 4 members (excludes halogenated alkanes) is 14. The first-order valence-corrected chi connectivity index (χ1v) is 25.3. The van der Waals surface area contributed by atoms with Crippen LogP contribution >= 0.6 is 0 Å². The van der Waals surface area contributed by atoms with E-state index < -0.39 is 18.1 Å². The summed E-state index contributed by atoms with van der Waals surface area (Å²) in [6, 6.07) is -0.740. The number of ether oxygens (including phenoxy) is 3. The molecule has 0 bridgehead atoms. The number of carbonyl (C=O) groups excluding carboxylic acids is 3. The fraction of sp³-hybridized carbons (Fsp3) is 0.661. The molecule has 0 aromatic carbocycles. The van der Waals surface area contributed by atoms with Crippen molar-refractivity contribution in [2.75, 3.05) is 41.0 Å². The van der Waals surface area contributed by atoms with Gasteiger partial charge in [0, 0.05) is 19.3 Å². The Kier molecular flexibility index (Phi) is 43.1. The Morgan fingerprint density at radius 2 is 0.844 bits per heavy atom. The van der Waals surface area contributed by atoms with Gasteiger partial charge in [0.1, 0.15) is 12.6 Å². The van der Waals surface area contributed by atoms with E-state index in [1.54, 1.807) is 21.1 Å². The van der Waals surface area contributed by atoms with E-state index in [0.29, 0.717) is 12.8 Å². The van der Waals surface area contributed by atoms with Gasteiger partial charge in [-0.25, -0.2) is 0 Å². The topological polar surface area (TPSA) is 102 Å². The Bertz CT molecular complexity index is 1360. The van der Waals surface area contributed by atoms with Gasteiger partial charge in [0.05, 0.1) is 40.3 Å². The first kappa shape index (κ1) is 60.2. The lowest BCUT2D eigenvalue weighted by molar-refractivity contribution is -0.889. The summed E-state index contributed by atoms with van der Waals surface area (Å²) < 4.78 is 17.2. The van der Waals surface area contributed by atoms with Crippen LogP contribution in [-0.2, 0) is 28.6 Å². The van der Waals surface area contributed by atoms with Gasteiger partial charge in [0.15, 0.2) is 6.10 Å². The monoisotopic (exact) mass is 892 g/mol. The summed E-state index contributed by atoms with van der Waals surface area (Å²) in [4.78, 5) is 37.0. The van der Waals surface area contributed by atoms with Crippen LogP contribution in [0.5, 0.6) is 0 Å². The number of hydrogen-bond acceptors (Lipinski definition) is 7. The third kappa shape index (κ3) is 43.5. The highest BCUT2D eigenvalue weighted by Crippen LogP contribution is 2.15. The molecule has 0 saturated heterocycles. The SMILES string of the molecule is CC/C=C/C/C=C/C/C=C/C/C=C/C/C=C/CCCC(=O)OCC(COCCC(C(=O)[O-])[N+](C)(C)C)OC(=O)CCCCCCCCCCCCCCC/C=C/C/C=C/C/C=C/CC. The second-order valence-electron chi connectivity index (χ2n) is 17.6. The minimum Gasteiger partial charge on any atom is -0.544 e. The summed E-state index contributed by atoms with van der Waals surface area (Å²) >= 11 is 0. The molecule has 0 amide bonds. The molecule has 64 heavy (non-hydrogen) atoms. The van der Waals surface area contributed by atoms with Crippen LogP contribution in [0.2, 0.25) is 0 Å². The predicted molar refractivity (Wildman–Crippen MR) is 268 cm³/mol. The molecule has 0 aliphatic heterocycles. The molecule has 0 aliphatic rings. The smallest absolute Gasteiger partial charge is 0.306 e. The average Bonchev–Trinajstić information content (AvgIpc) is 3.26. The fourth-order valence-electron chi connectivity index (χ4n) is 6.89. The molecule has 0 spiro atoms. The van der Waals surface area contributed by atoms with E-state index in [1.807, 2.05) is 0 Å². The number of allylic oxidation sites excluding steroid dienone is 16.